The summed E-state index contributed by atoms with van der Waals surface area (Å²) in [4.78, 5) is 27.8. The molecule has 4 rings (SSSR count). The van der Waals surface area contributed by atoms with Crippen molar-refractivity contribution < 1.29 is 18.7 Å². The van der Waals surface area contributed by atoms with Crippen molar-refractivity contribution in [3.05, 3.63) is 64.4 Å². The highest BCUT2D eigenvalue weighted by Crippen LogP contribution is 2.25. The monoisotopic (exact) mass is 473 g/mol. The van der Waals surface area contributed by atoms with Crippen molar-refractivity contribution in [2.24, 2.45) is 5.92 Å². The number of hydrogen-bond donors (Lipinski definition) is 2. The van der Waals surface area contributed by atoms with Crippen LogP contribution in [0.4, 0.5) is 10.1 Å². The summed E-state index contributed by atoms with van der Waals surface area (Å²) < 4.78 is 19.8. The van der Waals surface area contributed by atoms with Gasteiger partial charge in [-0.15, -0.1) is 0 Å². The molecule has 2 aromatic carbocycles. The molecular formula is C25H29ClFN3O3. The maximum absolute atomic E-state index is 14.2. The smallest absolute Gasteiger partial charge is 0.253 e. The number of rotatable bonds is 7. The molecule has 0 radical (unpaired) electrons. The number of benzene rings is 2. The lowest BCUT2D eigenvalue weighted by molar-refractivity contribution is -0.121. The average molecular weight is 474 g/mol. The van der Waals surface area contributed by atoms with Gasteiger partial charge in [-0.3, -0.25) is 14.5 Å². The zero-order valence-corrected chi connectivity index (χ0v) is 19.2. The fraction of sp³-hybridized carbons (Fsp3) is 0.440. The van der Waals surface area contributed by atoms with E-state index in [2.05, 4.69) is 15.5 Å². The number of halogens is 2. The minimum absolute atomic E-state index is 0.0480. The molecule has 2 aromatic rings. The molecular weight excluding hydrogens is 445 g/mol. The van der Waals surface area contributed by atoms with E-state index in [4.69, 9.17) is 16.3 Å². The maximum atomic E-state index is 14.2. The number of piperidine rings is 1. The Kier molecular flexibility index (Phi) is 7.96. The van der Waals surface area contributed by atoms with Crippen LogP contribution in [-0.4, -0.2) is 49.1 Å². The fourth-order valence-electron chi connectivity index (χ4n) is 4.45. The molecule has 2 aliphatic heterocycles. The number of anilines is 1. The Balaban J connectivity index is 1.37. The summed E-state index contributed by atoms with van der Waals surface area (Å²) in [6.07, 6.45) is 3.56. The summed E-state index contributed by atoms with van der Waals surface area (Å²) in [7, 11) is 0. The van der Waals surface area contributed by atoms with E-state index in [0.29, 0.717) is 41.5 Å². The molecule has 2 fully saturated rings. The third kappa shape index (κ3) is 6.10. The molecule has 176 valence electrons. The van der Waals surface area contributed by atoms with E-state index in [1.807, 2.05) is 0 Å². The van der Waals surface area contributed by atoms with Gasteiger partial charge in [-0.25, -0.2) is 4.39 Å². The number of nitrogens with one attached hydrogen (secondary N) is 2. The fourth-order valence-corrected chi connectivity index (χ4v) is 4.67. The molecule has 2 N–H and O–H groups in total. The van der Waals surface area contributed by atoms with Crippen molar-refractivity contribution in [1.29, 1.82) is 0 Å². The molecule has 0 bridgehead atoms. The Bertz CT molecular complexity index is 976. The average Bonchev–Trinajstić information content (AvgIpc) is 3.34. The van der Waals surface area contributed by atoms with E-state index in [1.165, 1.54) is 6.07 Å². The molecule has 6 nitrogen and oxygen atoms in total. The number of carbonyl (C=O) groups is 2. The van der Waals surface area contributed by atoms with Gasteiger partial charge in [-0.1, -0.05) is 29.8 Å². The van der Waals surface area contributed by atoms with Crippen LogP contribution in [0.5, 0.6) is 0 Å². The number of hydrogen-bond acceptors (Lipinski definition) is 4. The van der Waals surface area contributed by atoms with E-state index in [-0.39, 0.29) is 29.7 Å². The standard InChI is InChI=1S/C25H29ClFN3O3/c26-21-9-3-10-22(27)20(21)16-30-12-4-6-17(15-30)24(31)29-23-11-2-1-8-19(23)25(32)28-14-18-7-5-13-33-18/h1-3,8-11,17-18H,4-7,12-16H2,(H,28,32)(H,29,31). The Labute approximate surface area is 198 Å². The van der Waals surface area contributed by atoms with Gasteiger partial charge in [0.15, 0.2) is 0 Å². The second-order valence-corrected chi connectivity index (χ2v) is 9.06. The van der Waals surface area contributed by atoms with Gasteiger partial charge in [0.25, 0.3) is 5.91 Å². The van der Waals surface area contributed by atoms with Crippen LogP contribution in [0.25, 0.3) is 0 Å². The van der Waals surface area contributed by atoms with Crippen LogP contribution in [0.2, 0.25) is 5.02 Å². The van der Waals surface area contributed by atoms with Gasteiger partial charge in [0, 0.05) is 36.8 Å². The van der Waals surface area contributed by atoms with Gasteiger partial charge in [-0.2, -0.15) is 0 Å². The van der Waals surface area contributed by atoms with E-state index in [1.54, 1.807) is 36.4 Å². The Morgan fingerprint density at radius 2 is 1.97 bits per heavy atom. The summed E-state index contributed by atoms with van der Waals surface area (Å²) in [6, 6.07) is 11.7. The largest absolute Gasteiger partial charge is 0.376 e. The Morgan fingerprint density at radius 1 is 1.12 bits per heavy atom. The van der Waals surface area contributed by atoms with Crippen LogP contribution >= 0.6 is 11.6 Å². The van der Waals surface area contributed by atoms with Gasteiger partial charge in [0.05, 0.1) is 23.3 Å². The molecule has 2 amide bonds. The predicted molar refractivity (Wildman–Crippen MR) is 126 cm³/mol. The zero-order valence-electron chi connectivity index (χ0n) is 18.5. The second-order valence-electron chi connectivity index (χ2n) is 8.65. The van der Waals surface area contributed by atoms with Crippen molar-refractivity contribution in [3.8, 4) is 0 Å². The van der Waals surface area contributed by atoms with Crippen LogP contribution in [0.15, 0.2) is 42.5 Å². The number of amides is 2. The number of carbonyl (C=O) groups excluding carboxylic acids is 2. The molecule has 2 saturated heterocycles. The highest BCUT2D eigenvalue weighted by Gasteiger charge is 2.28. The lowest BCUT2D eigenvalue weighted by atomic mass is 9.96. The molecule has 2 heterocycles. The van der Waals surface area contributed by atoms with Gasteiger partial charge < -0.3 is 15.4 Å². The molecule has 2 aliphatic rings. The number of nitrogens with zero attached hydrogens (tertiary/aromatic N) is 1. The molecule has 0 aliphatic carbocycles. The molecule has 0 aromatic heterocycles. The summed E-state index contributed by atoms with van der Waals surface area (Å²) in [5, 5.41) is 6.24. The number of ether oxygens (including phenoxy) is 1. The molecule has 33 heavy (non-hydrogen) atoms. The lowest BCUT2D eigenvalue weighted by Gasteiger charge is -2.32. The summed E-state index contributed by atoms with van der Waals surface area (Å²) >= 11 is 6.18. The highest BCUT2D eigenvalue weighted by molar-refractivity contribution is 6.31. The topological polar surface area (TPSA) is 70.7 Å². The quantitative estimate of drug-likeness (QED) is 0.631. The van der Waals surface area contributed by atoms with Gasteiger partial charge in [0.2, 0.25) is 5.91 Å². The number of para-hydroxylation sites is 1. The predicted octanol–water partition coefficient (Wildman–Crippen LogP) is 4.24. The number of likely N-dealkylation sites (tertiary alicyclic amines) is 1. The van der Waals surface area contributed by atoms with Crippen LogP contribution in [0.1, 0.15) is 41.6 Å². The van der Waals surface area contributed by atoms with Gasteiger partial charge >= 0.3 is 0 Å². The maximum Gasteiger partial charge on any atom is 0.253 e. The Hall–Kier alpha value is -2.48. The first-order valence-electron chi connectivity index (χ1n) is 11.5. The first kappa shape index (κ1) is 23.7. The zero-order chi connectivity index (χ0) is 23.2. The van der Waals surface area contributed by atoms with Crippen LogP contribution < -0.4 is 10.6 Å². The van der Waals surface area contributed by atoms with Crippen molar-refractivity contribution in [3.63, 3.8) is 0 Å². The molecule has 2 atom stereocenters. The third-order valence-electron chi connectivity index (χ3n) is 6.26. The van der Waals surface area contributed by atoms with Crippen molar-refractivity contribution >= 4 is 29.1 Å². The first-order chi connectivity index (χ1) is 16.0. The minimum atomic E-state index is -0.336. The molecule has 2 unspecified atom stereocenters. The normalized spacial score (nSPS) is 21.0. The molecule has 0 spiro atoms. The van der Waals surface area contributed by atoms with Crippen molar-refractivity contribution in [1.82, 2.24) is 10.2 Å². The minimum Gasteiger partial charge on any atom is -0.376 e. The second kappa shape index (κ2) is 11.1. The molecule has 0 saturated carbocycles. The van der Waals surface area contributed by atoms with Crippen LogP contribution in [0, 0.1) is 11.7 Å². The summed E-state index contributed by atoms with van der Waals surface area (Å²) in [6.45, 7) is 2.82. The molecule has 8 heteroatoms. The van der Waals surface area contributed by atoms with Gasteiger partial charge in [0.1, 0.15) is 5.82 Å². The van der Waals surface area contributed by atoms with E-state index < -0.39 is 0 Å². The van der Waals surface area contributed by atoms with Gasteiger partial charge in [-0.05, 0) is 56.5 Å². The summed E-state index contributed by atoms with van der Waals surface area (Å²) in [5.74, 6) is -0.969. The van der Waals surface area contributed by atoms with Crippen molar-refractivity contribution in [2.75, 3.05) is 31.6 Å². The van der Waals surface area contributed by atoms with E-state index in [0.717, 1.165) is 38.8 Å². The highest BCUT2D eigenvalue weighted by atomic mass is 35.5. The van der Waals surface area contributed by atoms with E-state index in [9.17, 15) is 14.0 Å². The Morgan fingerprint density at radius 3 is 2.76 bits per heavy atom. The summed E-state index contributed by atoms with van der Waals surface area (Å²) in [5.41, 5.74) is 1.37. The lowest BCUT2D eigenvalue weighted by Crippen LogP contribution is -2.40. The van der Waals surface area contributed by atoms with E-state index >= 15 is 0 Å². The first-order valence-corrected chi connectivity index (χ1v) is 11.8. The third-order valence-corrected chi connectivity index (χ3v) is 6.62. The van der Waals surface area contributed by atoms with Crippen molar-refractivity contribution in [2.45, 2.75) is 38.3 Å². The SMILES string of the molecule is O=C(NCC1CCCO1)c1ccccc1NC(=O)C1CCCN(Cc2c(F)cccc2Cl)C1. The van der Waals surface area contributed by atoms with Crippen LogP contribution in [0.3, 0.4) is 0 Å². The van der Waals surface area contributed by atoms with Crippen LogP contribution in [-0.2, 0) is 16.1 Å².